The number of carbonyl (C=O) groups is 1. The Balaban J connectivity index is 2.12. The molecule has 0 aliphatic rings. The fourth-order valence-corrected chi connectivity index (χ4v) is 4.28. The van der Waals surface area contributed by atoms with Gasteiger partial charge < -0.3 is 5.32 Å². The Morgan fingerprint density at radius 2 is 1.73 bits per heavy atom. The third-order valence-corrected chi connectivity index (χ3v) is 7.12. The van der Waals surface area contributed by atoms with Gasteiger partial charge in [-0.15, -0.1) is 11.8 Å². The van der Waals surface area contributed by atoms with Crippen molar-refractivity contribution in [2.75, 3.05) is 25.2 Å². The highest BCUT2D eigenvalue weighted by atomic mass is 35.5. The zero-order valence-corrected chi connectivity index (χ0v) is 17.7. The fraction of sp³-hybridized carbons (Fsp3) is 0.188. The Hall–Kier alpha value is -0.960. The Kier molecular flexibility index (Phi) is 7.24. The van der Waals surface area contributed by atoms with Crippen LogP contribution in [0.3, 0.4) is 0 Å². The molecule has 0 aliphatic heterocycles. The van der Waals surface area contributed by atoms with Crippen LogP contribution in [0.15, 0.2) is 46.2 Å². The van der Waals surface area contributed by atoms with Crippen LogP contribution in [0.5, 0.6) is 0 Å². The number of rotatable bonds is 6. The third-order valence-electron chi connectivity index (χ3n) is 3.24. The minimum Gasteiger partial charge on any atom is -0.324 e. The van der Waals surface area contributed by atoms with Crippen molar-refractivity contribution in [1.82, 2.24) is 4.31 Å². The molecule has 0 spiro atoms. The maximum Gasteiger partial charge on any atom is 0.242 e. The van der Waals surface area contributed by atoms with Gasteiger partial charge in [-0.3, -0.25) is 4.79 Å². The van der Waals surface area contributed by atoms with E-state index in [1.54, 1.807) is 18.2 Å². The molecular formula is C16H15Cl3N2O3S2. The zero-order valence-electron chi connectivity index (χ0n) is 13.8. The van der Waals surface area contributed by atoms with Crippen molar-refractivity contribution in [3.05, 3.63) is 51.5 Å². The molecule has 0 heterocycles. The first kappa shape index (κ1) is 21.3. The molecule has 2 aromatic rings. The van der Waals surface area contributed by atoms with Gasteiger partial charge in [0, 0.05) is 24.0 Å². The van der Waals surface area contributed by atoms with Gasteiger partial charge in [-0.1, -0.05) is 34.8 Å². The second-order valence-corrected chi connectivity index (χ2v) is 9.76. The van der Waals surface area contributed by atoms with Gasteiger partial charge >= 0.3 is 0 Å². The van der Waals surface area contributed by atoms with E-state index in [4.69, 9.17) is 34.8 Å². The lowest BCUT2D eigenvalue weighted by Crippen LogP contribution is -2.22. The number of amides is 1. The van der Waals surface area contributed by atoms with Crippen LogP contribution in [0.25, 0.3) is 0 Å². The average Bonchev–Trinajstić information content (AvgIpc) is 2.57. The lowest BCUT2D eigenvalue weighted by Gasteiger charge is -2.14. The first-order chi connectivity index (χ1) is 12.1. The molecule has 1 amide bonds. The molecule has 0 radical (unpaired) electrons. The molecule has 5 nitrogen and oxygen atoms in total. The second kappa shape index (κ2) is 8.82. The summed E-state index contributed by atoms with van der Waals surface area (Å²) in [6, 6.07) is 9.11. The van der Waals surface area contributed by atoms with Gasteiger partial charge in [0.1, 0.15) is 0 Å². The smallest absolute Gasteiger partial charge is 0.242 e. The molecule has 0 unspecified atom stereocenters. The van der Waals surface area contributed by atoms with Crippen LogP contribution in [0, 0.1) is 0 Å². The topological polar surface area (TPSA) is 66.5 Å². The summed E-state index contributed by atoms with van der Waals surface area (Å²) >= 11 is 19.3. The monoisotopic (exact) mass is 452 g/mol. The molecule has 0 aromatic heterocycles. The Morgan fingerprint density at radius 1 is 1.08 bits per heavy atom. The van der Waals surface area contributed by atoms with Crippen LogP contribution in [-0.4, -0.2) is 38.5 Å². The molecule has 10 heteroatoms. The minimum atomic E-state index is -3.63. The van der Waals surface area contributed by atoms with Crippen molar-refractivity contribution in [3.8, 4) is 0 Å². The van der Waals surface area contributed by atoms with E-state index in [1.807, 2.05) is 0 Å². The minimum absolute atomic E-state index is 0.0349. The highest BCUT2D eigenvalue weighted by Crippen LogP contribution is 2.31. The predicted octanol–water partition coefficient (Wildman–Crippen LogP) is 4.63. The van der Waals surface area contributed by atoms with Gasteiger partial charge in [-0.05, 0) is 36.4 Å². The number of anilines is 1. The summed E-state index contributed by atoms with van der Waals surface area (Å²) in [4.78, 5) is 12.9. The van der Waals surface area contributed by atoms with Gasteiger partial charge in [0.25, 0.3) is 0 Å². The lowest BCUT2D eigenvalue weighted by atomic mass is 10.3. The van der Waals surface area contributed by atoms with Crippen LogP contribution in [-0.2, 0) is 14.8 Å². The number of nitrogens with one attached hydrogen (secondary N) is 1. The molecule has 0 aliphatic carbocycles. The Bertz CT molecular complexity index is 934. The van der Waals surface area contributed by atoms with Crippen molar-refractivity contribution in [1.29, 1.82) is 0 Å². The summed E-state index contributed by atoms with van der Waals surface area (Å²) in [5, 5.41) is 3.86. The number of hydrogen-bond acceptors (Lipinski definition) is 4. The van der Waals surface area contributed by atoms with E-state index in [0.717, 1.165) is 4.31 Å². The molecule has 1 N–H and O–H groups in total. The summed E-state index contributed by atoms with van der Waals surface area (Å²) in [5.74, 6) is -0.298. The Labute approximate surface area is 171 Å². The molecule has 0 saturated heterocycles. The normalized spacial score (nSPS) is 11.6. The van der Waals surface area contributed by atoms with E-state index in [2.05, 4.69) is 5.32 Å². The number of benzene rings is 2. The maximum absolute atomic E-state index is 12.2. The van der Waals surface area contributed by atoms with E-state index in [1.165, 1.54) is 44.1 Å². The quantitative estimate of drug-likeness (QED) is 0.648. The molecule has 0 bridgehead atoms. The molecule has 2 aromatic carbocycles. The van der Waals surface area contributed by atoms with Crippen LogP contribution >= 0.6 is 46.6 Å². The van der Waals surface area contributed by atoms with Crippen molar-refractivity contribution in [2.45, 2.75) is 9.79 Å². The van der Waals surface area contributed by atoms with Crippen molar-refractivity contribution >= 4 is 68.2 Å². The van der Waals surface area contributed by atoms with E-state index < -0.39 is 10.0 Å². The molecule has 0 saturated carbocycles. The third kappa shape index (κ3) is 5.28. The van der Waals surface area contributed by atoms with Crippen LogP contribution in [0.4, 0.5) is 5.69 Å². The molecule has 2 rings (SSSR count). The molecule has 140 valence electrons. The van der Waals surface area contributed by atoms with Crippen LogP contribution < -0.4 is 5.32 Å². The number of nitrogens with zero attached hydrogens (tertiary/aromatic N) is 1. The van der Waals surface area contributed by atoms with E-state index in [0.29, 0.717) is 14.9 Å². The number of hydrogen-bond donors (Lipinski definition) is 1. The summed E-state index contributed by atoms with van der Waals surface area (Å²) in [6.07, 6.45) is 0. The average molecular weight is 454 g/mol. The summed E-state index contributed by atoms with van der Waals surface area (Å²) in [7, 11) is -0.783. The van der Waals surface area contributed by atoms with Crippen LogP contribution in [0.2, 0.25) is 15.1 Å². The highest BCUT2D eigenvalue weighted by Gasteiger charge is 2.19. The fourth-order valence-electron chi connectivity index (χ4n) is 1.89. The van der Waals surface area contributed by atoms with Gasteiger partial charge in [-0.2, -0.15) is 0 Å². The zero-order chi connectivity index (χ0) is 19.5. The van der Waals surface area contributed by atoms with E-state index in [9.17, 15) is 13.2 Å². The largest absolute Gasteiger partial charge is 0.324 e. The molecule has 0 atom stereocenters. The van der Waals surface area contributed by atoms with E-state index in [-0.39, 0.29) is 27.3 Å². The highest BCUT2D eigenvalue weighted by molar-refractivity contribution is 8.00. The standard InChI is InChI=1S/C16H15Cl3N2O3S2/c1-21(2)26(23,24)11-4-6-12(18)14(8-11)20-16(22)9-25-15-7-10(17)3-5-13(15)19/h3-8H,9H2,1-2H3,(H,20,22). The Morgan fingerprint density at radius 3 is 2.38 bits per heavy atom. The summed E-state index contributed by atoms with van der Waals surface area (Å²) in [6.45, 7) is 0. The summed E-state index contributed by atoms with van der Waals surface area (Å²) in [5.41, 5.74) is 0.220. The maximum atomic E-state index is 12.2. The summed E-state index contributed by atoms with van der Waals surface area (Å²) < 4.78 is 25.5. The van der Waals surface area contributed by atoms with Gasteiger partial charge in [0.2, 0.25) is 15.9 Å². The van der Waals surface area contributed by atoms with Crippen molar-refractivity contribution in [3.63, 3.8) is 0 Å². The van der Waals surface area contributed by atoms with Gasteiger partial charge in [-0.25, -0.2) is 12.7 Å². The van der Waals surface area contributed by atoms with Gasteiger partial charge in [0.15, 0.2) is 0 Å². The van der Waals surface area contributed by atoms with Crippen molar-refractivity contribution in [2.24, 2.45) is 0 Å². The molecular weight excluding hydrogens is 439 g/mol. The number of thioether (sulfide) groups is 1. The van der Waals surface area contributed by atoms with E-state index >= 15 is 0 Å². The van der Waals surface area contributed by atoms with Crippen molar-refractivity contribution < 1.29 is 13.2 Å². The second-order valence-electron chi connectivity index (χ2n) is 5.34. The first-order valence-electron chi connectivity index (χ1n) is 7.21. The van der Waals surface area contributed by atoms with Gasteiger partial charge in [0.05, 0.1) is 26.4 Å². The lowest BCUT2D eigenvalue weighted by molar-refractivity contribution is -0.113. The molecule has 26 heavy (non-hydrogen) atoms. The molecule has 0 fully saturated rings. The first-order valence-corrected chi connectivity index (χ1v) is 10.8. The number of sulfonamides is 1. The van der Waals surface area contributed by atoms with Crippen LogP contribution in [0.1, 0.15) is 0 Å². The number of halogens is 3. The SMILES string of the molecule is CN(C)S(=O)(=O)c1ccc(Cl)c(NC(=O)CSc2cc(Cl)ccc2Cl)c1. The predicted molar refractivity (Wildman–Crippen MR) is 108 cm³/mol. The number of carbonyl (C=O) groups excluding carboxylic acids is 1.